The maximum Gasteiger partial charge on any atom is 0.269 e. The van der Waals surface area contributed by atoms with Gasteiger partial charge < -0.3 is 10.1 Å². The molecule has 0 unspecified atom stereocenters. The lowest BCUT2D eigenvalue weighted by Crippen LogP contribution is -2.21. The number of nitrogens with zero attached hydrogens (tertiary/aromatic N) is 2. The Kier molecular flexibility index (Phi) is 2.99. The molecular weight excluding hydrogens is 218 g/mol. The van der Waals surface area contributed by atoms with E-state index >= 15 is 0 Å². The minimum atomic E-state index is -0.136. The number of aryl methyl sites for hydroxylation is 1. The Bertz CT molecular complexity index is 560. The summed E-state index contributed by atoms with van der Waals surface area (Å²) in [6, 6.07) is 3.66. The van der Waals surface area contributed by atoms with Gasteiger partial charge in [0, 0.05) is 13.2 Å². The first-order valence-corrected chi connectivity index (χ1v) is 5.49. The van der Waals surface area contributed by atoms with Crippen molar-refractivity contribution in [1.29, 1.82) is 0 Å². The summed E-state index contributed by atoms with van der Waals surface area (Å²) in [4.78, 5) is 16.3. The Labute approximate surface area is 99.4 Å². The molecule has 0 radical (unpaired) electrons. The van der Waals surface area contributed by atoms with Gasteiger partial charge in [-0.15, -0.1) is 0 Å². The highest BCUT2D eigenvalue weighted by Crippen LogP contribution is 2.22. The normalized spacial score (nSPS) is 10.5. The van der Waals surface area contributed by atoms with Gasteiger partial charge in [0.25, 0.3) is 5.91 Å². The maximum absolute atomic E-state index is 11.9. The van der Waals surface area contributed by atoms with Crippen molar-refractivity contribution in [3.05, 3.63) is 29.7 Å². The molecule has 1 amide bonds. The molecule has 0 saturated carbocycles. The number of pyridine rings is 1. The van der Waals surface area contributed by atoms with Gasteiger partial charge in [-0.1, -0.05) is 6.92 Å². The van der Waals surface area contributed by atoms with E-state index in [4.69, 9.17) is 4.74 Å². The second kappa shape index (κ2) is 4.45. The van der Waals surface area contributed by atoms with Crippen LogP contribution in [0.4, 0.5) is 0 Å². The van der Waals surface area contributed by atoms with Crippen LogP contribution in [0.3, 0.4) is 0 Å². The summed E-state index contributed by atoms with van der Waals surface area (Å²) in [5.74, 6) is 0.528. The molecule has 5 heteroatoms. The fourth-order valence-electron chi connectivity index (χ4n) is 1.85. The number of hydrogen-bond donors (Lipinski definition) is 1. The van der Waals surface area contributed by atoms with Crippen molar-refractivity contribution in [2.75, 3.05) is 14.2 Å². The van der Waals surface area contributed by atoms with Crippen molar-refractivity contribution in [2.24, 2.45) is 0 Å². The van der Waals surface area contributed by atoms with E-state index in [1.165, 1.54) is 0 Å². The van der Waals surface area contributed by atoms with Crippen LogP contribution in [-0.4, -0.2) is 29.4 Å². The quantitative estimate of drug-likeness (QED) is 0.868. The highest BCUT2D eigenvalue weighted by atomic mass is 16.5. The predicted molar refractivity (Wildman–Crippen MR) is 64.5 cm³/mol. The summed E-state index contributed by atoms with van der Waals surface area (Å²) in [6.45, 7) is 1.97. The molecular formula is C12H15N3O2. The van der Waals surface area contributed by atoms with Crippen molar-refractivity contribution in [1.82, 2.24) is 14.7 Å². The van der Waals surface area contributed by atoms with Crippen LogP contribution in [-0.2, 0) is 6.42 Å². The molecule has 17 heavy (non-hydrogen) atoms. The Morgan fingerprint density at radius 2 is 2.35 bits per heavy atom. The molecule has 0 saturated heterocycles. The number of amides is 1. The number of imidazole rings is 1. The number of aromatic nitrogens is 2. The Morgan fingerprint density at radius 1 is 1.59 bits per heavy atom. The van der Waals surface area contributed by atoms with E-state index in [2.05, 4.69) is 10.3 Å². The van der Waals surface area contributed by atoms with E-state index in [-0.39, 0.29) is 5.91 Å². The van der Waals surface area contributed by atoms with E-state index in [0.29, 0.717) is 23.5 Å². The van der Waals surface area contributed by atoms with Crippen LogP contribution in [0.5, 0.6) is 5.75 Å². The Hall–Kier alpha value is -2.04. The predicted octanol–water partition coefficient (Wildman–Crippen LogP) is 1.26. The van der Waals surface area contributed by atoms with Gasteiger partial charge >= 0.3 is 0 Å². The largest absolute Gasteiger partial charge is 0.493 e. The zero-order valence-electron chi connectivity index (χ0n) is 10.2. The number of fused-ring (bicyclic) bond motifs is 1. The van der Waals surface area contributed by atoms with Crippen LogP contribution in [0.15, 0.2) is 18.3 Å². The molecule has 0 spiro atoms. The zero-order chi connectivity index (χ0) is 12.4. The molecule has 2 aromatic heterocycles. The lowest BCUT2D eigenvalue weighted by Gasteiger charge is -2.04. The van der Waals surface area contributed by atoms with Gasteiger partial charge in [-0.3, -0.25) is 9.20 Å². The fraction of sp³-hybridized carbons (Fsp3) is 0.333. The number of carbonyl (C=O) groups excluding carboxylic acids is 1. The Morgan fingerprint density at radius 3 is 2.94 bits per heavy atom. The van der Waals surface area contributed by atoms with Crippen molar-refractivity contribution in [2.45, 2.75) is 13.3 Å². The third-order valence-corrected chi connectivity index (χ3v) is 2.68. The van der Waals surface area contributed by atoms with Gasteiger partial charge in [0.1, 0.15) is 5.69 Å². The zero-order valence-corrected chi connectivity index (χ0v) is 10.2. The molecule has 0 aliphatic heterocycles. The first kappa shape index (κ1) is 11.4. The monoisotopic (exact) mass is 233 g/mol. The molecule has 0 aliphatic rings. The number of nitrogens with one attached hydrogen (secondary N) is 1. The van der Waals surface area contributed by atoms with Gasteiger partial charge in [0.2, 0.25) is 0 Å². The highest BCUT2D eigenvalue weighted by Gasteiger charge is 2.18. The number of hydrogen-bond acceptors (Lipinski definition) is 3. The lowest BCUT2D eigenvalue weighted by molar-refractivity contribution is 0.0956. The van der Waals surface area contributed by atoms with Crippen LogP contribution >= 0.6 is 0 Å². The fourth-order valence-corrected chi connectivity index (χ4v) is 1.85. The first-order valence-electron chi connectivity index (χ1n) is 5.49. The molecule has 90 valence electrons. The average molecular weight is 233 g/mol. The molecule has 0 bridgehead atoms. The molecule has 0 fully saturated rings. The molecule has 1 N–H and O–H groups in total. The van der Waals surface area contributed by atoms with Crippen molar-refractivity contribution >= 4 is 11.6 Å². The van der Waals surface area contributed by atoms with Gasteiger partial charge in [0.05, 0.1) is 12.8 Å². The summed E-state index contributed by atoms with van der Waals surface area (Å²) in [5.41, 5.74) is 2.02. The number of methoxy groups -OCH3 is 1. The van der Waals surface area contributed by atoms with Crippen molar-refractivity contribution in [3.8, 4) is 5.75 Å². The first-order chi connectivity index (χ1) is 8.22. The maximum atomic E-state index is 11.9. The topological polar surface area (TPSA) is 55.6 Å². The summed E-state index contributed by atoms with van der Waals surface area (Å²) in [5, 5.41) is 2.63. The van der Waals surface area contributed by atoms with Crippen LogP contribution in [0.2, 0.25) is 0 Å². The second-order valence-electron chi connectivity index (χ2n) is 3.61. The minimum Gasteiger partial charge on any atom is -0.493 e. The van der Waals surface area contributed by atoms with E-state index in [1.807, 2.05) is 25.3 Å². The van der Waals surface area contributed by atoms with Gasteiger partial charge in [0.15, 0.2) is 11.4 Å². The van der Waals surface area contributed by atoms with Gasteiger partial charge in [-0.05, 0) is 18.6 Å². The molecule has 0 aliphatic carbocycles. The summed E-state index contributed by atoms with van der Waals surface area (Å²) in [7, 11) is 3.20. The Balaban J connectivity index is 2.76. The molecule has 0 atom stereocenters. The lowest BCUT2D eigenvalue weighted by atomic mass is 10.2. The summed E-state index contributed by atoms with van der Waals surface area (Å²) < 4.78 is 7.00. The van der Waals surface area contributed by atoms with E-state index in [9.17, 15) is 4.79 Å². The number of ether oxygens (including phenoxy) is 1. The molecule has 0 aromatic carbocycles. The smallest absolute Gasteiger partial charge is 0.269 e. The van der Waals surface area contributed by atoms with E-state index < -0.39 is 0 Å². The van der Waals surface area contributed by atoms with Crippen LogP contribution in [0.25, 0.3) is 5.65 Å². The van der Waals surface area contributed by atoms with E-state index in [1.54, 1.807) is 18.6 Å². The summed E-state index contributed by atoms with van der Waals surface area (Å²) >= 11 is 0. The van der Waals surface area contributed by atoms with Crippen LogP contribution in [0, 0.1) is 0 Å². The third-order valence-electron chi connectivity index (χ3n) is 2.68. The van der Waals surface area contributed by atoms with Crippen molar-refractivity contribution < 1.29 is 9.53 Å². The minimum absolute atomic E-state index is 0.136. The molecule has 5 nitrogen and oxygen atoms in total. The second-order valence-corrected chi connectivity index (χ2v) is 3.61. The molecule has 2 aromatic rings. The van der Waals surface area contributed by atoms with Gasteiger partial charge in [-0.2, -0.15) is 0 Å². The number of rotatable bonds is 3. The summed E-state index contributed by atoms with van der Waals surface area (Å²) in [6.07, 6.45) is 2.52. The van der Waals surface area contributed by atoms with Crippen LogP contribution in [0.1, 0.15) is 23.1 Å². The molecule has 2 rings (SSSR count). The van der Waals surface area contributed by atoms with Gasteiger partial charge in [-0.25, -0.2) is 4.98 Å². The standard InChI is InChI=1S/C12H15N3O2/c1-4-8-10(12(16)13-2)15-7-5-6-9(17-3)11(15)14-8/h5-7H,4H2,1-3H3,(H,13,16). The van der Waals surface area contributed by atoms with E-state index in [0.717, 1.165) is 5.69 Å². The average Bonchev–Trinajstić information content (AvgIpc) is 2.75. The van der Waals surface area contributed by atoms with Crippen LogP contribution < -0.4 is 10.1 Å². The molecule has 2 heterocycles. The SMILES string of the molecule is CCc1nc2c(OC)cccn2c1C(=O)NC. The number of carbonyl (C=O) groups is 1. The van der Waals surface area contributed by atoms with Crippen molar-refractivity contribution in [3.63, 3.8) is 0 Å². The highest BCUT2D eigenvalue weighted by molar-refractivity contribution is 5.94. The third kappa shape index (κ3) is 1.73.